The van der Waals surface area contributed by atoms with Crippen molar-refractivity contribution in [2.45, 2.75) is 58.7 Å². The second-order valence-corrected chi connectivity index (χ2v) is 5.32. The number of carbonyl (C=O) groups is 1. The van der Waals surface area contributed by atoms with E-state index in [1.165, 1.54) is 0 Å². The molecule has 1 amide bonds. The maximum Gasteiger partial charge on any atom is 0.260 e. The Morgan fingerprint density at radius 3 is 2.35 bits per heavy atom. The quantitative estimate of drug-likeness (QED) is 0.806. The molecular weight excluding hydrogens is 252 g/mol. The molecule has 3 N–H and O–H groups in total. The van der Waals surface area contributed by atoms with Crippen LogP contribution < -0.4 is 15.8 Å². The Morgan fingerprint density at radius 2 is 1.85 bits per heavy atom. The van der Waals surface area contributed by atoms with E-state index in [-0.39, 0.29) is 18.0 Å². The van der Waals surface area contributed by atoms with E-state index >= 15 is 0 Å². The van der Waals surface area contributed by atoms with Gasteiger partial charge in [-0.3, -0.25) is 4.79 Å². The molecule has 0 saturated heterocycles. The van der Waals surface area contributed by atoms with E-state index in [0.717, 1.165) is 18.4 Å². The molecule has 0 saturated carbocycles. The molecule has 0 bridgehead atoms. The summed E-state index contributed by atoms with van der Waals surface area (Å²) in [6.07, 6.45) is 1.52. The number of ether oxygens (including phenoxy) is 1. The predicted octanol–water partition coefficient (Wildman–Crippen LogP) is 2.78. The molecule has 1 aromatic carbocycles. The topological polar surface area (TPSA) is 64.3 Å². The van der Waals surface area contributed by atoms with Crippen LogP contribution in [0.3, 0.4) is 0 Å². The van der Waals surface area contributed by atoms with Gasteiger partial charge in [0.1, 0.15) is 5.75 Å². The number of carbonyl (C=O) groups excluding carboxylic acids is 1. The summed E-state index contributed by atoms with van der Waals surface area (Å²) in [4.78, 5) is 12.0. The lowest BCUT2D eigenvalue weighted by Gasteiger charge is -2.18. The number of amides is 1. The monoisotopic (exact) mass is 278 g/mol. The minimum absolute atomic E-state index is 0.000310. The average molecular weight is 278 g/mol. The molecule has 0 aliphatic rings. The Balaban J connectivity index is 2.52. The van der Waals surface area contributed by atoms with Crippen molar-refractivity contribution in [2.75, 3.05) is 0 Å². The van der Waals surface area contributed by atoms with Gasteiger partial charge < -0.3 is 15.8 Å². The van der Waals surface area contributed by atoms with E-state index in [9.17, 15) is 4.79 Å². The molecule has 2 unspecified atom stereocenters. The smallest absolute Gasteiger partial charge is 0.260 e. The molecule has 20 heavy (non-hydrogen) atoms. The van der Waals surface area contributed by atoms with Gasteiger partial charge in [0, 0.05) is 12.1 Å². The van der Waals surface area contributed by atoms with Crippen LogP contribution in [0.25, 0.3) is 0 Å². The number of benzene rings is 1. The van der Waals surface area contributed by atoms with Crippen molar-refractivity contribution in [3.63, 3.8) is 0 Å². The van der Waals surface area contributed by atoms with Crippen LogP contribution in [0.1, 0.15) is 52.1 Å². The summed E-state index contributed by atoms with van der Waals surface area (Å²) in [6.45, 7) is 7.79. The summed E-state index contributed by atoms with van der Waals surface area (Å²) in [6, 6.07) is 7.71. The summed E-state index contributed by atoms with van der Waals surface area (Å²) < 4.78 is 5.64. The number of nitrogens with one attached hydrogen (secondary N) is 1. The van der Waals surface area contributed by atoms with E-state index in [1.807, 2.05) is 38.1 Å². The Labute approximate surface area is 121 Å². The van der Waals surface area contributed by atoms with Crippen LogP contribution in [0, 0.1) is 0 Å². The Morgan fingerprint density at radius 1 is 1.25 bits per heavy atom. The fourth-order valence-electron chi connectivity index (χ4n) is 1.97. The fourth-order valence-corrected chi connectivity index (χ4v) is 1.97. The first-order valence-electron chi connectivity index (χ1n) is 7.26. The lowest BCUT2D eigenvalue weighted by Crippen LogP contribution is -2.41. The number of hydrogen-bond acceptors (Lipinski definition) is 3. The largest absolute Gasteiger partial charge is 0.481 e. The molecule has 4 nitrogen and oxygen atoms in total. The van der Waals surface area contributed by atoms with Gasteiger partial charge in [-0.1, -0.05) is 25.5 Å². The van der Waals surface area contributed by atoms with Gasteiger partial charge in [-0.05, 0) is 44.9 Å². The fraction of sp³-hybridized carbons (Fsp3) is 0.562. The number of nitrogens with two attached hydrogens (primary N) is 1. The van der Waals surface area contributed by atoms with Crippen LogP contribution in [0.4, 0.5) is 0 Å². The second kappa shape index (κ2) is 7.90. The normalized spacial score (nSPS) is 15.2. The Bertz CT molecular complexity index is 415. The third-order valence-corrected chi connectivity index (χ3v) is 3.20. The van der Waals surface area contributed by atoms with Crippen LogP contribution in [-0.2, 0) is 4.79 Å². The van der Waals surface area contributed by atoms with Crippen molar-refractivity contribution >= 4 is 5.91 Å². The zero-order chi connectivity index (χ0) is 15.1. The van der Waals surface area contributed by atoms with Crippen LogP contribution >= 0.6 is 0 Å². The van der Waals surface area contributed by atoms with Gasteiger partial charge in [0.05, 0.1) is 0 Å². The third-order valence-electron chi connectivity index (χ3n) is 3.20. The van der Waals surface area contributed by atoms with Crippen molar-refractivity contribution in [3.05, 3.63) is 29.8 Å². The summed E-state index contributed by atoms with van der Waals surface area (Å²) >= 11 is 0. The van der Waals surface area contributed by atoms with Crippen molar-refractivity contribution in [1.82, 2.24) is 5.32 Å². The summed E-state index contributed by atoms with van der Waals surface area (Å²) in [5, 5.41) is 2.95. The van der Waals surface area contributed by atoms with E-state index in [2.05, 4.69) is 12.2 Å². The first kappa shape index (κ1) is 16.5. The van der Waals surface area contributed by atoms with Gasteiger partial charge in [0.15, 0.2) is 6.10 Å². The predicted molar refractivity (Wildman–Crippen MR) is 81.6 cm³/mol. The standard InChI is InChI=1S/C16H26N2O2/c1-5-6-11(2)18-16(19)13(4)20-15-9-7-14(8-10-15)12(3)17/h7-13H,5-6,17H2,1-4H3,(H,18,19)/t11?,12-,13?/m1/s1. The molecule has 1 rings (SSSR count). The molecule has 0 aliphatic carbocycles. The SMILES string of the molecule is CCCC(C)NC(=O)C(C)Oc1ccc([C@@H](C)N)cc1. The summed E-state index contributed by atoms with van der Waals surface area (Å²) in [5.74, 6) is 0.599. The summed E-state index contributed by atoms with van der Waals surface area (Å²) in [7, 11) is 0. The third kappa shape index (κ3) is 5.21. The minimum Gasteiger partial charge on any atom is -0.481 e. The number of hydrogen-bond donors (Lipinski definition) is 2. The highest BCUT2D eigenvalue weighted by atomic mass is 16.5. The van der Waals surface area contributed by atoms with Crippen LogP contribution in [0.5, 0.6) is 5.75 Å². The first-order chi connectivity index (χ1) is 9.43. The molecule has 4 heteroatoms. The molecule has 0 aliphatic heterocycles. The number of rotatable bonds is 7. The van der Waals surface area contributed by atoms with Crippen molar-refractivity contribution in [3.8, 4) is 5.75 Å². The van der Waals surface area contributed by atoms with Crippen LogP contribution in [0.2, 0.25) is 0 Å². The second-order valence-electron chi connectivity index (χ2n) is 5.32. The lowest BCUT2D eigenvalue weighted by atomic mass is 10.1. The van der Waals surface area contributed by atoms with Crippen molar-refractivity contribution in [1.29, 1.82) is 0 Å². The molecule has 0 heterocycles. The molecule has 0 radical (unpaired) electrons. The molecule has 0 spiro atoms. The molecule has 1 aromatic rings. The Hall–Kier alpha value is -1.55. The molecule has 112 valence electrons. The zero-order valence-electron chi connectivity index (χ0n) is 12.8. The van der Waals surface area contributed by atoms with E-state index in [4.69, 9.17) is 10.5 Å². The van der Waals surface area contributed by atoms with Crippen molar-refractivity contribution in [2.24, 2.45) is 5.73 Å². The van der Waals surface area contributed by atoms with Crippen LogP contribution in [0.15, 0.2) is 24.3 Å². The zero-order valence-corrected chi connectivity index (χ0v) is 12.8. The van der Waals surface area contributed by atoms with Crippen LogP contribution in [-0.4, -0.2) is 18.1 Å². The molecule has 0 aromatic heterocycles. The average Bonchev–Trinajstić information content (AvgIpc) is 2.39. The first-order valence-corrected chi connectivity index (χ1v) is 7.26. The minimum atomic E-state index is -0.504. The lowest BCUT2D eigenvalue weighted by molar-refractivity contribution is -0.127. The van der Waals surface area contributed by atoms with Crippen molar-refractivity contribution < 1.29 is 9.53 Å². The summed E-state index contributed by atoms with van der Waals surface area (Å²) in [5.41, 5.74) is 6.84. The van der Waals surface area contributed by atoms with E-state index in [0.29, 0.717) is 5.75 Å². The molecule has 0 fully saturated rings. The van der Waals surface area contributed by atoms with Gasteiger partial charge in [-0.25, -0.2) is 0 Å². The maximum atomic E-state index is 12.0. The molecule has 3 atom stereocenters. The van der Waals surface area contributed by atoms with Gasteiger partial charge in [-0.2, -0.15) is 0 Å². The Kier molecular flexibility index (Phi) is 6.52. The highest BCUT2D eigenvalue weighted by Gasteiger charge is 2.16. The van der Waals surface area contributed by atoms with E-state index in [1.54, 1.807) is 6.92 Å². The van der Waals surface area contributed by atoms with Gasteiger partial charge in [-0.15, -0.1) is 0 Å². The molecular formula is C16H26N2O2. The van der Waals surface area contributed by atoms with Gasteiger partial charge in [0.25, 0.3) is 5.91 Å². The highest BCUT2D eigenvalue weighted by Crippen LogP contribution is 2.17. The van der Waals surface area contributed by atoms with Gasteiger partial charge in [0.2, 0.25) is 0 Å². The maximum absolute atomic E-state index is 12.0. The van der Waals surface area contributed by atoms with Gasteiger partial charge >= 0.3 is 0 Å². The highest BCUT2D eigenvalue weighted by molar-refractivity contribution is 5.80. The van der Waals surface area contributed by atoms with E-state index < -0.39 is 6.10 Å².